The van der Waals surface area contributed by atoms with E-state index in [1.54, 1.807) is 6.07 Å². The lowest BCUT2D eigenvalue weighted by molar-refractivity contribution is 0.0702. The van der Waals surface area contributed by atoms with Crippen molar-refractivity contribution in [3.8, 4) is 0 Å². The van der Waals surface area contributed by atoms with E-state index in [9.17, 15) is 4.79 Å². The Morgan fingerprint density at radius 1 is 1.08 bits per heavy atom. The van der Waals surface area contributed by atoms with Crippen LogP contribution in [0, 0.1) is 6.92 Å². The second kappa shape index (κ2) is 6.38. The highest BCUT2D eigenvalue weighted by atomic mass is 32.1. The molecule has 0 saturated carbocycles. The number of hydrogen-bond donors (Lipinski definition) is 1. The minimum absolute atomic E-state index is 0.187. The Hall–Kier alpha value is -1.87. The Labute approximate surface area is 160 Å². The van der Waals surface area contributed by atoms with E-state index < -0.39 is 5.97 Å². The molecule has 1 aliphatic carbocycles. The van der Waals surface area contributed by atoms with Crippen molar-refractivity contribution in [3.05, 3.63) is 56.3 Å². The Kier molecular flexibility index (Phi) is 4.64. The van der Waals surface area contributed by atoms with Crippen LogP contribution in [-0.2, 0) is 10.8 Å². The molecule has 0 aliphatic heterocycles. The lowest BCUT2D eigenvalue weighted by Crippen LogP contribution is -2.34. The lowest BCUT2D eigenvalue weighted by Gasteiger charge is -2.42. The molecule has 0 amide bonds. The van der Waals surface area contributed by atoms with Gasteiger partial charge in [-0.2, -0.15) is 0 Å². The van der Waals surface area contributed by atoms with Crippen molar-refractivity contribution >= 4 is 29.0 Å². The fraction of sp³-hybridized carbons (Fsp3) is 0.435. The average molecular weight is 369 g/mol. The number of thiophene rings is 1. The van der Waals surface area contributed by atoms with Crippen LogP contribution in [0.1, 0.15) is 84.3 Å². The third kappa shape index (κ3) is 3.37. The summed E-state index contributed by atoms with van der Waals surface area (Å²) in [6.45, 7) is 13.7. The molecule has 138 valence electrons. The van der Waals surface area contributed by atoms with Gasteiger partial charge in [-0.05, 0) is 83.6 Å². The zero-order valence-corrected chi connectivity index (χ0v) is 17.4. The third-order valence-corrected chi connectivity index (χ3v) is 6.84. The SMILES string of the molecule is CC(=Cc1ccc(C(=O)O)s1)c1cc2c(cc1C)C(C)(C)CCC2(C)C. The quantitative estimate of drug-likeness (QED) is 0.657. The first-order chi connectivity index (χ1) is 12.0. The highest BCUT2D eigenvalue weighted by Crippen LogP contribution is 2.47. The summed E-state index contributed by atoms with van der Waals surface area (Å²) in [6, 6.07) is 8.32. The minimum atomic E-state index is -0.860. The monoisotopic (exact) mass is 368 g/mol. The number of hydrogen-bond acceptors (Lipinski definition) is 2. The van der Waals surface area contributed by atoms with Crippen LogP contribution in [0.2, 0.25) is 0 Å². The van der Waals surface area contributed by atoms with Crippen LogP contribution in [0.5, 0.6) is 0 Å². The second-order valence-electron chi connectivity index (χ2n) is 8.81. The summed E-state index contributed by atoms with van der Waals surface area (Å²) < 4.78 is 0. The molecule has 26 heavy (non-hydrogen) atoms. The third-order valence-electron chi connectivity index (χ3n) is 5.82. The van der Waals surface area contributed by atoms with Gasteiger partial charge in [0, 0.05) is 4.88 Å². The lowest BCUT2D eigenvalue weighted by atomic mass is 9.62. The van der Waals surface area contributed by atoms with E-state index >= 15 is 0 Å². The summed E-state index contributed by atoms with van der Waals surface area (Å²) >= 11 is 1.32. The molecule has 2 aromatic rings. The zero-order chi connectivity index (χ0) is 19.3. The molecule has 1 aromatic carbocycles. The highest BCUT2D eigenvalue weighted by Gasteiger charge is 2.37. The Bertz CT molecular complexity index is 897. The van der Waals surface area contributed by atoms with E-state index in [1.165, 1.54) is 52.0 Å². The van der Waals surface area contributed by atoms with Crippen molar-refractivity contribution in [3.63, 3.8) is 0 Å². The van der Waals surface area contributed by atoms with Crippen LogP contribution in [0.15, 0.2) is 24.3 Å². The molecule has 0 atom stereocenters. The van der Waals surface area contributed by atoms with Crippen LogP contribution < -0.4 is 0 Å². The van der Waals surface area contributed by atoms with Gasteiger partial charge in [-0.3, -0.25) is 0 Å². The summed E-state index contributed by atoms with van der Waals surface area (Å²) in [6.07, 6.45) is 4.52. The molecule has 3 heteroatoms. The number of rotatable bonds is 3. The summed E-state index contributed by atoms with van der Waals surface area (Å²) in [4.78, 5) is 12.5. The Morgan fingerprint density at radius 3 is 2.19 bits per heavy atom. The molecule has 0 saturated heterocycles. The number of carboxylic acid groups (broad SMARTS) is 1. The fourth-order valence-electron chi connectivity index (χ4n) is 3.98. The van der Waals surface area contributed by atoms with Gasteiger partial charge in [0.25, 0.3) is 0 Å². The molecule has 3 rings (SSSR count). The van der Waals surface area contributed by atoms with Gasteiger partial charge in [0.05, 0.1) is 0 Å². The van der Waals surface area contributed by atoms with E-state index in [1.807, 2.05) is 6.07 Å². The molecule has 1 aromatic heterocycles. The molecule has 0 spiro atoms. The first-order valence-corrected chi connectivity index (χ1v) is 10.0. The highest BCUT2D eigenvalue weighted by molar-refractivity contribution is 7.14. The summed E-state index contributed by atoms with van der Waals surface area (Å²) in [5.41, 5.74) is 7.08. The van der Waals surface area contributed by atoms with E-state index in [2.05, 4.69) is 59.8 Å². The molecule has 0 bridgehead atoms. The maximum atomic E-state index is 11.1. The number of carboxylic acids is 1. The van der Waals surface area contributed by atoms with Crippen LogP contribution in [-0.4, -0.2) is 11.1 Å². The first-order valence-electron chi connectivity index (χ1n) is 9.19. The van der Waals surface area contributed by atoms with Crippen molar-refractivity contribution in [2.75, 3.05) is 0 Å². The first kappa shape index (κ1) is 18.9. The Balaban J connectivity index is 2.08. The summed E-state index contributed by atoms with van der Waals surface area (Å²) in [7, 11) is 0. The second-order valence-corrected chi connectivity index (χ2v) is 9.93. The summed E-state index contributed by atoms with van der Waals surface area (Å²) in [5.74, 6) is -0.860. The predicted molar refractivity (Wildman–Crippen MR) is 111 cm³/mol. The molecule has 0 unspecified atom stereocenters. The topological polar surface area (TPSA) is 37.3 Å². The van der Waals surface area contributed by atoms with Gasteiger partial charge in [-0.25, -0.2) is 4.79 Å². The van der Waals surface area contributed by atoms with Crippen molar-refractivity contribution in [1.29, 1.82) is 0 Å². The molecule has 1 heterocycles. The largest absolute Gasteiger partial charge is 0.477 e. The number of fused-ring (bicyclic) bond motifs is 1. The van der Waals surface area contributed by atoms with E-state index in [0.29, 0.717) is 4.88 Å². The minimum Gasteiger partial charge on any atom is -0.477 e. The van der Waals surface area contributed by atoms with E-state index in [0.717, 1.165) is 4.88 Å². The van der Waals surface area contributed by atoms with Crippen LogP contribution >= 0.6 is 11.3 Å². The van der Waals surface area contributed by atoms with Gasteiger partial charge in [-0.15, -0.1) is 11.3 Å². The van der Waals surface area contributed by atoms with Crippen molar-refractivity contribution in [1.82, 2.24) is 0 Å². The molecule has 1 aliphatic rings. The maximum Gasteiger partial charge on any atom is 0.345 e. The predicted octanol–water partition coefficient (Wildman–Crippen LogP) is 6.66. The number of allylic oxidation sites excluding steroid dienone is 1. The van der Waals surface area contributed by atoms with Gasteiger partial charge in [0.2, 0.25) is 0 Å². The average Bonchev–Trinajstić information content (AvgIpc) is 3.00. The fourth-order valence-corrected chi connectivity index (χ4v) is 4.83. The van der Waals surface area contributed by atoms with Gasteiger partial charge in [-0.1, -0.05) is 39.8 Å². The standard InChI is InChI=1S/C23H28O2S/c1-14(11-16-7-8-20(26-16)21(24)25)17-13-19-18(12-15(17)2)22(3,4)9-10-23(19,5)6/h7-8,11-13H,9-10H2,1-6H3,(H,24,25). The van der Waals surface area contributed by atoms with Crippen LogP contribution in [0.4, 0.5) is 0 Å². The van der Waals surface area contributed by atoms with Gasteiger partial charge >= 0.3 is 5.97 Å². The van der Waals surface area contributed by atoms with Gasteiger partial charge in [0.15, 0.2) is 0 Å². The zero-order valence-electron chi connectivity index (χ0n) is 16.6. The number of benzene rings is 1. The Morgan fingerprint density at radius 2 is 1.65 bits per heavy atom. The summed E-state index contributed by atoms with van der Waals surface area (Å²) in [5, 5.41) is 9.12. The smallest absolute Gasteiger partial charge is 0.345 e. The van der Waals surface area contributed by atoms with Gasteiger partial charge < -0.3 is 5.11 Å². The maximum absolute atomic E-state index is 11.1. The normalized spacial score (nSPS) is 18.5. The van der Waals surface area contributed by atoms with Crippen molar-refractivity contribution in [2.45, 2.75) is 65.2 Å². The molecule has 1 N–H and O–H groups in total. The number of carbonyl (C=O) groups is 1. The van der Waals surface area contributed by atoms with E-state index in [4.69, 9.17) is 5.11 Å². The molecule has 0 fully saturated rings. The molecular weight excluding hydrogens is 340 g/mol. The molecule has 2 nitrogen and oxygen atoms in total. The number of aryl methyl sites for hydroxylation is 1. The van der Waals surface area contributed by atoms with Crippen molar-refractivity contribution in [2.24, 2.45) is 0 Å². The molecular formula is C23H28O2S. The van der Waals surface area contributed by atoms with E-state index in [-0.39, 0.29) is 10.8 Å². The molecule has 0 radical (unpaired) electrons. The van der Waals surface area contributed by atoms with Crippen molar-refractivity contribution < 1.29 is 9.90 Å². The number of aromatic carboxylic acids is 1. The van der Waals surface area contributed by atoms with Gasteiger partial charge in [0.1, 0.15) is 4.88 Å². The van der Waals surface area contributed by atoms with Crippen LogP contribution in [0.25, 0.3) is 11.6 Å². The van der Waals surface area contributed by atoms with Crippen LogP contribution in [0.3, 0.4) is 0 Å².